The number of nitrogen functional groups attached to an aromatic ring is 1. The summed E-state index contributed by atoms with van der Waals surface area (Å²) in [6, 6.07) is 17.3. The molecule has 0 saturated heterocycles. The highest BCUT2D eigenvalue weighted by Crippen LogP contribution is 2.23. The molecule has 0 amide bonds. The number of hydrogen-bond donors (Lipinski definition) is 3. The first-order valence-corrected chi connectivity index (χ1v) is 7.51. The summed E-state index contributed by atoms with van der Waals surface area (Å²) in [6.45, 7) is 0. The molecule has 0 heterocycles. The minimum absolute atomic E-state index is 0.0137. The Balaban J connectivity index is 1.81. The highest BCUT2D eigenvalue weighted by molar-refractivity contribution is 5.99. The molecule has 0 aliphatic carbocycles. The Morgan fingerprint density at radius 2 is 1.60 bits per heavy atom. The van der Waals surface area contributed by atoms with Crippen LogP contribution in [0.25, 0.3) is 10.8 Å². The first-order chi connectivity index (χ1) is 12.1. The SMILES string of the molecule is N=C(N)c1ccc2cc(OC(=O)c3ccc(N=CN)cc3)ccc2c1. The van der Waals surface area contributed by atoms with E-state index in [1.807, 2.05) is 18.2 Å². The van der Waals surface area contributed by atoms with Crippen molar-refractivity contribution in [2.45, 2.75) is 0 Å². The van der Waals surface area contributed by atoms with Gasteiger partial charge >= 0.3 is 5.97 Å². The van der Waals surface area contributed by atoms with Crippen LogP contribution in [-0.2, 0) is 0 Å². The van der Waals surface area contributed by atoms with E-state index in [-0.39, 0.29) is 5.84 Å². The van der Waals surface area contributed by atoms with Crippen molar-refractivity contribution >= 4 is 34.6 Å². The zero-order chi connectivity index (χ0) is 17.8. The van der Waals surface area contributed by atoms with Crippen LogP contribution in [0.15, 0.2) is 65.7 Å². The molecule has 0 radical (unpaired) electrons. The van der Waals surface area contributed by atoms with Gasteiger partial charge in [-0.05, 0) is 53.2 Å². The van der Waals surface area contributed by atoms with Crippen LogP contribution in [0.4, 0.5) is 5.69 Å². The second-order valence-corrected chi connectivity index (χ2v) is 5.35. The van der Waals surface area contributed by atoms with Crippen molar-refractivity contribution in [3.05, 3.63) is 71.8 Å². The maximum atomic E-state index is 12.2. The average molecular weight is 332 g/mol. The number of carbonyl (C=O) groups excluding carboxylic acids is 1. The maximum absolute atomic E-state index is 12.2. The van der Waals surface area contributed by atoms with Crippen molar-refractivity contribution in [1.29, 1.82) is 5.41 Å². The molecule has 0 atom stereocenters. The van der Waals surface area contributed by atoms with Crippen LogP contribution in [0.3, 0.4) is 0 Å². The van der Waals surface area contributed by atoms with Gasteiger partial charge in [-0.15, -0.1) is 0 Å². The molecule has 124 valence electrons. The molecule has 6 nitrogen and oxygen atoms in total. The van der Waals surface area contributed by atoms with E-state index in [1.54, 1.807) is 42.5 Å². The van der Waals surface area contributed by atoms with Crippen molar-refractivity contribution in [2.24, 2.45) is 16.5 Å². The van der Waals surface area contributed by atoms with Gasteiger partial charge in [-0.3, -0.25) is 5.41 Å². The summed E-state index contributed by atoms with van der Waals surface area (Å²) in [5.41, 5.74) is 12.5. The summed E-state index contributed by atoms with van der Waals surface area (Å²) in [5.74, 6) is -0.0000591. The number of amidine groups is 1. The molecule has 0 aliphatic heterocycles. The van der Waals surface area contributed by atoms with Gasteiger partial charge in [0.2, 0.25) is 0 Å². The number of nitrogens with two attached hydrogens (primary N) is 2. The van der Waals surface area contributed by atoms with Crippen LogP contribution < -0.4 is 16.2 Å². The number of fused-ring (bicyclic) bond motifs is 1. The number of nitrogens with one attached hydrogen (secondary N) is 1. The third-order valence-corrected chi connectivity index (χ3v) is 3.66. The summed E-state index contributed by atoms with van der Waals surface area (Å²) in [4.78, 5) is 16.2. The number of aliphatic imine (C=N–C) groups is 1. The van der Waals surface area contributed by atoms with Crippen LogP contribution in [0.5, 0.6) is 5.75 Å². The van der Waals surface area contributed by atoms with Crippen molar-refractivity contribution in [1.82, 2.24) is 0 Å². The summed E-state index contributed by atoms with van der Waals surface area (Å²) in [6.07, 6.45) is 1.19. The van der Waals surface area contributed by atoms with Crippen molar-refractivity contribution in [3.8, 4) is 5.75 Å². The lowest BCUT2D eigenvalue weighted by Crippen LogP contribution is -2.10. The molecular weight excluding hydrogens is 316 g/mol. The first-order valence-electron chi connectivity index (χ1n) is 7.51. The molecular formula is C19H16N4O2. The fourth-order valence-electron chi connectivity index (χ4n) is 2.39. The molecule has 3 aromatic rings. The third kappa shape index (κ3) is 3.64. The zero-order valence-corrected chi connectivity index (χ0v) is 13.3. The van der Waals surface area contributed by atoms with E-state index in [1.165, 1.54) is 6.34 Å². The molecule has 0 fully saturated rings. The summed E-state index contributed by atoms with van der Waals surface area (Å²) >= 11 is 0. The first kappa shape index (κ1) is 16.2. The Labute approximate surface area is 144 Å². The largest absolute Gasteiger partial charge is 0.423 e. The van der Waals surface area contributed by atoms with E-state index in [0.29, 0.717) is 22.6 Å². The van der Waals surface area contributed by atoms with Crippen LogP contribution in [0.2, 0.25) is 0 Å². The van der Waals surface area contributed by atoms with E-state index >= 15 is 0 Å². The molecule has 3 aromatic carbocycles. The number of benzene rings is 3. The van der Waals surface area contributed by atoms with Gasteiger partial charge in [-0.25, -0.2) is 9.79 Å². The molecule has 0 unspecified atom stereocenters. The molecule has 25 heavy (non-hydrogen) atoms. The second-order valence-electron chi connectivity index (χ2n) is 5.35. The van der Waals surface area contributed by atoms with E-state index in [2.05, 4.69) is 4.99 Å². The van der Waals surface area contributed by atoms with Gasteiger partial charge in [0.05, 0.1) is 17.6 Å². The Kier molecular flexibility index (Phi) is 4.43. The van der Waals surface area contributed by atoms with Gasteiger partial charge < -0.3 is 16.2 Å². The molecule has 0 spiro atoms. The number of carbonyl (C=O) groups is 1. The predicted octanol–water partition coefficient (Wildman–Crippen LogP) is 2.96. The Hall–Kier alpha value is -3.67. The average Bonchev–Trinajstić information content (AvgIpc) is 2.62. The minimum atomic E-state index is -0.456. The van der Waals surface area contributed by atoms with E-state index < -0.39 is 5.97 Å². The monoisotopic (exact) mass is 332 g/mol. The lowest BCUT2D eigenvalue weighted by Gasteiger charge is -2.07. The van der Waals surface area contributed by atoms with E-state index in [0.717, 1.165) is 10.8 Å². The lowest BCUT2D eigenvalue weighted by atomic mass is 10.1. The van der Waals surface area contributed by atoms with Gasteiger partial charge in [0.15, 0.2) is 0 Å². The molecule has 0 saturated carbocycles. The topological polar surface area (TPSA) is 115 Å². The molecule has 0 aliphatic rings. The van der Waals surface area contributed by atoms with Crippen LogP contribution in [0.1, 0.15) is 15.9 Å². The number of nitrogens with zero attached hydrogens (tertiary/aromatic N) is 1. The quantitative estimate of drug-likeness (QED) is 0.295. The number of hydrogen-bond acceptors (Lipinski definition) is 4. The highest BCUT2D eigenvalue weighted by Gasteiger charge is 2.09. The van der Waals surface area contributed by atoms with Crippen LogP contribution >= 0.6 is 0 Å². The number of esters is 1. The van der Waals surface area contributed by atoms with Crippen molar-refractivity contribution in [2.75, 3.05) is 0 Å². The fraction of sp³-hybridized carbons (Fsp3) is 0. The standard InChI is InChI=1S/C19H16N4O2/c20-11-23-16-6-3-12(4-7-16)19(24)25-17-8-5-13-9-15(18(21)22)2-1-14(13)10-17/h1-11H,(H2,20,23)(H3,21,22). The Morgan fingerprint density at radius 1 is 0.960 bits per heavy atom. The fourth-order valence-corrected chi connectivity index (χ4v) is 2.39. The van der Waals surface area contributed by atoms with Crippen molar-refractivity contribution in [3.63, 3.8) is 0 Å². The van der Waals surface area contributed by atoms with Gasteiger partial charge in [-0.1, -0.05) is 18.2 Å². The Morgan fingerprint density at radius 3 is 2.28 bits per heavy atom. The normalized spacial score (nSPS) is 10.9. The van der Waals surface area contributed by atoms with Crippen LogP contribution in [-0.4, -0.2) is 18.1 Å². The second kappa shape index (κ2) is 6.84. The number of ether oxygens (including phenoxy) is 1. The summed E-state index contributed by atoms with van der Waals surface area (Å²) < 4.78 is 5.42. The molecule has 0 bridgehead atoms. The Bertz CT molecular complexity index is 978. The van der Waals surface area contributed by atoms with Gasteiger partial charge in [0, 0.05) is 5.56 Å². The maximum Gasteiger partial charge on any atom is 0.343 e. The van der Waals surface area contributed by atoms with E-state index in [4.69, 9.17) is 21.6 Å². The highest BCUT2D eigenvalue weighted by atomic mass is 16.5. The third-order valence-electron chi connectivity index (χ3n) is 3.66. The minimum Gasteiger partial charge on any atom is -0.423 e. The summed E-state index contributed by atoms with van der Waals surface area (Å²) in [5, 5.41) is 9.28. The van der Waals surface area contributed by atoms with E-state index in [9.17, 15) is 4.79 Å². The summed E-state index contributed by atoms with van der Waals surface area (Å²) in [7, 11) is 0. The van der Waals surface area contributed by atoms with Gasteiger partial charge in [0.25, 0.3) is 0 Å². The van der Waals surface area contributed by atoms with Gasteiger partial charge in [0.1, 0.15) is 11.6 Å². The molecule has 0 aromatic heterocycles. The van der Waals surface area contributed by atoms with Crippen LogP contribution in [0, 0.1) is 5.41 Å². The molecule has 6 heteroatoms. The zero-order valence-electron chi connectivity index (χ0n) is 13.3. The number of rotatable bonds is 4. The van der Waals surface area contributed by atoms with Crippen molar-refractivity contribution < 1.29 is 9.53 Å². The lowest BCUT2D eigenvalue weighted by molar-refractivity contribution is 0.0735. The smallest absolute Gasteiger partial charge is 0.343 e. The molecule has 5 N–H and O–H groups in total. The molecule has 3 rings (SSSR count). The van der Waals surface area contributed by atoms with Gasteiger partial charge in [-0.2, -0.15) is 0 Å². The predicted molar refractivity (Wildman–Crippen MR) is 98.7 cm³/mol.